The predicted octanol–water partition coefficient (Wildman–Crippen LogP) is 2.30. The van der Waals surface area contributed by atoms with Gasteiger partial charge in [-0.2, -0.15) is 0 Å². The van der Waals surface area contributed by atoms with E-state index in [0.717, 1.165) is 17.7 Å². The van der Waals surface area contributed by atoms with Crippen LogP contribution >= 0.6 is 0 Å². The number of allylic oxidation sites excluding steroid dienone is 2. The molecule has 3 aliphatic carbocycles. The van der Waals surface area contributed by atoms with Gasteiger partial charge >= 0.3 is 0 Å². The number of fused-ring (bicyclic) bond motifs is 1. The van der Waals surface area contributed by atoms with Crippen LogP contribution in [0.2, 0.25) is 0 Å². The molecule has 1 aromatic carbocycles. The average Bonchev–Trinajstić information content (AvgIpc) is 2.88. The largest absolute Gasteiger partial charge is 0.495 e. The molecule has 1 saturated heterocycles. The third-order valence-electron chi connectivity index (χ3n) is 5.37. The number of amides is 2. The van der Waals surface area contributed by atoms with Crippen molar-refractivity contribution in [3.8, 4) is 5.75 Å². The van der Waals surface area contributed by atoms with Gasteiger partial charge < -0.3 is 4.74 Å². The normalized spacial score (nSPS) is 30.6. The number of hydrogen-bond acceptors (Lipinski definition) is 5. The van der Waals surface area contributed by atoms with Crippen molar-refractivity contribution in [2.45, 2.75) is 12.8 Å². The van der Waals surface area contributed by atoms with Crippen molar-refractivity contribution in [3.05, 3.63) is 40.5 Å². The molecule has 2 amide bonds. The van der Waals surface area contributed by atoms with Crippen LogP contribution in [-0.2, 0) is 9.59 Å². The molecule has 1 saturated carbocycles. The maximum atomic E-state index is 12.9. The number of nitro benzene ring substituents is 1. The third kappa shape index (κ3) is 1.90. The predicted molar refractivity (Wildman–Crippen MR) is 84.5 cm³/mol. The van der Waals surface area contributed by atoms with Crippen LogP contribution in [0.1, 0.15) is 12.8 Å². The van der Waals surface area contributed by atoms with E-state index in [1.807, 2.05) is 12.2 Å². The molecule has 7 nitrogen and oxygen atoms in total. The van der Waals surface area contributed by atoms with Gasteiger partial charge in [-0.05, 0) is 30.7 Å². The standard InChI is InChI=1S/C17H16N2O5/c1-24-13-7-6-11(19(22)23)8-12(13)18-16(20)14-9-2-3-10(5-4-9)15(14)17(18)21/h2-3,6-10,14-15H,4-5H2,1H3/t9-,10-,14-,15+/m0/s1. The van der Waals surface area contributed by atoms with Gasteiger partial charge in [0, 0.05) is 12.1 Å². The molecule has 5 rings (SSSR count). The summed E-state index contributed by atoms with van der Waals surface area (Å²) in [6.07, 6.45) is 5.88. The first-order valence-electron chi connectivity index (χ1n) is 7.91. The SMILES string of the molecule is COc1ccc([N+](=O)[O-])cc1N1C(=O)[C@@H]2[C@H](C1=O)[C@H]1C=C[C@H]2CC1. The summed E-state index contributed by atoms with van der Waals surface area (Å²) in [6, 6.07) is 3.95. The van der Waals surface area contributed by atoms with Gasteiger partial charge in [0.15, 0.2) is 0 Å². The number of nitro groups is 1. The Morgan fingerprint density at radius 3 is 2.17 bits per heavy atom. The van der Waals surface area contributed by atoms with E-state index in [-0.39, 0.29) is 52.6 Å². The van der Waals surface area contributed by atoms with Gasteiger partial charge in [0.05, 0.1) is 23.9 Å². The molecule has 2 bridgehead atoms. The van der Waals surface area contributed by atoms with E-state index in [2.05, 4.69) is 0 Å². The smallest absolute Gasteiger partial charge is 0.271 e. The van der Waals surface area contributed by atoms with Crippen molar-refractivity contribution in [3.63, 3.8) is 0 Å². The Morgan fingerprint density at radius 1 is 1.12 bits per heavy atom. The second-order valence-electron chi connectivity index (χ2n) is 6.47. The monoisotopic (exact) mass is 328 g/mol. The molecule has 0 radical (unpaired) electrons. The number of imide groups is 1. The lowest BCUT2D eigenvalue weighted by atomic mass is 9.63. The first kappa shape index (κ1) is 14.9. The fourth-order valence-corrected chi connectivity index (χ4v) is 4.28. The Kier molecular flexibility index (Phi) is 3.19. The molecular weight excluding hydrogens is 312 g/mol. The van der Waals surface area contributed by atoms with Crippen LogP contribution in [0.4, 0.5) is 11.4 Å². The molecule has 124 valence electrons. The number of anilines is 1. The van der Waals surface area contributed by atoms with E-state index in [0.29, 0.717) is 0 Å². The van der Waals surface area contributed by atoms with Crippen molar-refractivity contribution in [2.75, 3.05) is 12.0 Å². The Labute approximate surface area is 138 Å². The van der Waals surface area contributed by atoms with Gasteiger partial charge in [-0.1, -0.05) is 12.2 Å². The minimum Gasteiger partial charge on any atom is -0.495 e. The van der Waals surface area contributed by atoms with Gasteiger partial charge in [0.25, 0.3) is 5.69 Å². The zero-order valence-corrected chi connectivity index (χ0v) is 13.0. The maximum Gasteiger partial charge on any atom is 0.271 e. The zero-order chi connectivity index (χ0) is 17.0. The summed E-state index contributed by atoms with van der Waals surface area (Å²) in [7, 11) is 1.41. The van der Waals surface area contributed by atoms with Gasteiger partial charge in [-0.3, -0.25) is 19.7 Å². The number of hydrogen-bond donors (Lipinski definition) is 0. The summed E-state index contributed by atoms with van der Waals surface area (Å²) in [4.78, 5) is 37.5. The van der Waals surface area contributed by atoms with Gasteiger partial charge in [-0.25, -0.2) is 4.90 Å². The molecule has 1 aromatic rings. The zero-order valence-electron chi connectivity index (χ0n) is 13.0. The topological polar surface area (TPSA) is 89.8 Å². The van der Waals surface area contributed by atoms with Crippen LogP contribution in [-0.4, -0.2) is 23.8 Å². The van der Waals surface area contributed by atoms with E-state index >= 15 is 0 Å². The highest BCUT2D eigenvalue weighted by molar-refractivity contribution is 6.23. The van der Waals surface area contributed by atoms with E-state index < -0.39 is 4.92 Å². The molecule has 4 aliphatic rings. The number of non-ortho nitro benzene ring substituents is 1. The number of rotatable bonds is 3. The van der Waals surface area contributed by atoms with Crippen LogP contribution in [0.3, 0.4) is 0 Å². The fraction of sp³-hybridized carbons (Fsp3) is 0.412. The number of benzene rings is 1. The highest BCUT2D eigenvalue weighted by atomic mass is 16.6. The van der Waals surface area contributed by atoms with Crippen molar-refractivity contribution in [1.82, 2.24) is 0 Å². The number of methoxy groups -OCH3 is 1. The lowest BCUT2D eigenvalue weighted by Crippen LogP contribution is -2.38. The van der Waals surface area contributed by atoms with Crippen molar-refractivity contribution < 1.29 is 19.2 Å². The molecule has 1 heterocycles. The summed E-state index contributed by atoms with van der Waals surface area (Å²) in [5.74, 6) is -0.834. The molecule has 0 aromatic heterocycles. The van der Waals surface area contributed by atoms with E-state index in [9.17, 15) is 19.7 Å². The van der Waals surface area contributed by atoms with Crippen molar-refractivity contribution in [1.29, 1.82) is 0 Å². The van der Waals surface area contributed by atoms with E-state index in [1.54, 1.807) is 0 Å². The Balaban J connectivity index is 1.80. The average molecular weight is 328 g/mol. The summed E-state index contributed by atoms with van der Waals surface area (Å²) in [5, 5.41) is 11.1. The second kappa shape index (κ2) is 5.15. The van der Waals surface area contributed by atoms with Gasteiger partial charge in [-0.15, -0.1) is 0 Å². The summed E-state index contributed by atoms with van der Waals surface area (Å²) in [6.45, 7) is 0. The summed E-state index contributed by atoms with van der Waals surface area (Å²) < 4.78 is 5.23. The summed E-state index contributed by atoms with van der Waals surface area (Å²) in [5.41, 5.74) is -0.0159. The van der Waals surface area contributed by atoms with E-state index in [4.69, 9.17) is 4.74 Å². The fourth-order valence-electron chi connectivity index (χ4n) is 4.28. The molecule has 4 atom stereocenters. The Hall–Kier alpha value is -2.70. The minimum atomic E-state index is -0.549. The first-order chi connectivity index (χ1) is 11.5. The van der Waals surface area contributed by atoms with Crippen molar-refractivity contribution in [2.24, 2.45) is 23.7 Å². The molecule has 7 heteroatoms. The van der Waals surface area contributed by atoms with Crippen LogP contribution in [0.15, 0.2) is 30.4 Å². The van der Waals surface area contributed by atoms with Crippen LogP contribution in [0, 0.1) is 33.8 Å². The van der Waals surface area contributed by atoms with Crippen LogP contribution in [0.5, 0.6) is 5.75 Å². The van der Waals surface area contributed by atoms with Gasteiger partial charge in [0.1, 0.15) is 11.4 Å². The lowest BCUT2D eigenvalue weighted by Gasteiger charge is -2.38. The number of carbonyl (C=O) groups excluding carboxylic acids is 2. The van der Waals surface area contributed by atoms with E-state index in [1.165, 1.54) is 25.3 Å². The number of carbonyl (C=O) groups is 2. The Morgan fingerprint density at radius 2 is 1.71 bits per heavy atom. The summed E-state index contributed by atoms with van der Waals surface area (Å²) >= 11 is 0. The lowest BCUT2D eigenvalue weighted by molar-refractivity contribution is -0.384. The quantitative estimate of drug-likeness (QED) is 0.367. The number of ether oxygens (including phenoxy) is 1. The van der Waals surface area contributed by atoms with Crippen molar-refractivity contribution >= 4 is 23.2 Å². The van der Waals surface area contributed by atoms with Gasteiger partial charge in [0.2, 0.25) is 11.8 Å². The second-order valence-corrected chi connectivity index (χ2v) is 6.47. The third-order valence-corrected chi connectivity index (χ3v) is 5.37. The molecule has 0 N–H and O–H groups in total. The molecule has 1 aliphatic heterocycles. The molecular formula is C17H16N2O5. The number of nitrogens with zero attached hydrogens (tertiary/aromatic N) is 2. The maximum absolute atomic E-state index is 12.9. The molecule has 0 spiro atoms. The van der Waals surface area contributed by atoms with Crippen LogP contribution in [0.25, 0.3) is 0 Å². The Bertz CT molecular complexity index is 755. The minimum absolute atomic E-state index is 0.0751. The van der Waals surface area contributed by atoms with Crippen LogP contribution < -0.4 is 9.64 Å². The molecule has 24 heavy (non-hydrogen) atoms. The highest BCUT2D eigenvalue weighted by Crippen LogP contribution is 2.51. The first-order valence-corrected chi connectivity index (χ1v) is 7.91. The molecule has 2 fully saturated rings. The highest BCUT2D eigenvalue weighted by Gasteiger charge is 2.57. The molecule has 0 unspecified atom stereocenters.